The van der Waals surface area contributed by atoms with Gasteiger partial charge in [0, 0.05) is 49.7 Å². The summed E-state index contributed by atoms with van der Waals surface area (Å²) in [7, 11) is 0. The number of benzene rings is 12. The lowest BCUT2D eigenvalue weighted by Crippen LogP contribution is -2.09. The lowest BCUT2D eigenvalue weighted by Gasteiger charge is -2.26. The van der Waals surface area contributed by atoms with Crippen LogP contribution < -0.4 is 4.90 Å². The van der Waals surface area contributed by atoms with Crippen LogP contribution in [-0.2, 0) is 0 Å². The van der Waals surface area contributed by atoms with Crippen molar-refractivity contribution in [2.75, 3.05) is 4.90 Å². The van der Waals surface area contributed by atoms with Gasteiger partial charge in [0.25, 0.3) is 0 Å². The first-order valence-electron chi connectivity index (χ1n) is 23.6. The summed E-state index contributed by atoms with van der Waals surface area (Å²) in [5, 5.41) is 12.2. The van der Waals surface area contributed by atoms with Gasteiger partial charge in [0.15, 0.2) is 0 Å². The third-order valence-corrected chi connectivity index (χ3v) is 14.2. The smallest absolute Gasteiger partial charge is 0.143 e. The first-order chi connectivity index (χ1) is 34.2. The summed E-state index contributed by atoms with van der Waals surface area (Å²) < 4.78 is 8.96. The van der Waals surface area contributed by atoms with Crippen molar-refractivity contribution in [2.45, 2.75) is 0 Å². The summed E-state index contributed by atoms with van der Waals surface area (Å²) in [6.07, 6.45) is 0. The summed E-state index contributed by atoms with van der Waals surface area (Å²) in [5.41, 5.74) is 15.5. The van der Waals surface area contributed by atoms with E-state index in [-0.39, 0.29) is 0 Å². The number of aromatic nitrogens is 1. The van der Waals surface area contributed by atoms with Crippen LogP contribution in [0.4, 0.5) is 17.1 Å². The van der Waals surface area contributed by atoms with Crippen molar-refractivity contribution >= 4 is 93.1 Å². The maximum absolute atomic E-state index is 6.58. The van der Waals surface area contributed by atoms with Gasteiger partial charge >= 0.3 is 0 Å². The normalized spacial score (nSPS) is 11.8. The molecule has 322 valence electrons. The van der Waals surface area contributed by atoms with Crippen LogP contribution in [0.2, 0.25) is 0 Å². The van der Waals surface area contributed by atoms with Crippen LogP contribution >= 0.6 is 0 Å². The minimum absolute atomic E-state index is 0.893. The van der Waals surface area contributed by atoms with Gasteiger partial charge in [0.1, 0.15) is 11.2 Å². The zero-order valence-corrected chi connectivity index (χ0v) is 37.6. The van der Waals surface area contributed by atoms with E-state index in [1.54, 1.807) is 0 Å². The minimum Gasteiger partial charge on any atom is -0.455 e. The Morgan fingerprint density at radius 3 is 1.36 bits per heavy atom. The second-order valence-corrected chi connectivity index (χ2v) is 18.1. The molecular weight excluding hydrogens is 837 g/mol. The molecule has 0 spiro atoms. The molecule has 3 nitrogen and oxygen atoms in total. The van der Waals surface area contributed by atoms with Gasteiger partial charge < -0.3 is 13.9 Å². The van der Waals surface area contributed by atoms with Gasteiger partial charge in [-0.2, -0.15) is 0 Å². The molecule has 0 radical (unpaired) electrons. The lowest BCUT2D eigenvalue weighted by molar-refractivity contribution is 0.673. The highest BCUT2D eigenvalue weighted by molar-refractivity contribution is 6.15. The van der Waals surface area contributed by atoms with E-state index in [9.17, 15) is 0 Å². The van der Waals surface area contributed by atoms with E-state index in [0.717, 1.165) is 66.8 Å². The zero-order valence-electron chi connectivity index (χ0n) is 37.6. The highest BCUT2D eigenvalue weighted by Gasteiger charge is 2.17. The highest BCUT2D eigenvalue weighted by atomic mass is 16.3. The highest BCUT2D eigenvalue weighted by Crippen LogP contribution is 2.41. The maximum atomic E-state index is 6.58. The molecule has 69 heavy (non-hydrogen) atoms. The molecule has 0 bridgehead atoms. The van der Waals surface area contributed by atoms with Crippen molar-refractivity contribution in [3.63, 3.8) is 0 Å². The maximum Gasteiger partial charge on any atom is 0.143 e. The quantitative estimate of drug-likeness (QED) is 0.149. The Hall–Kier alpha value is -9.18. The number of hydrogen-bond donors (Lipinski definition) is 0. The Morgan fingerprint density at radius 2 is 0.725 bits per heavy atom. The van der Waals surface area contributed by atoms with E-state index in [0.29, 0.717) is 0 Å². The Morgan fingerprint density at radius 1 is 0.275 bits per heavy atom. The second-order valence-electron chi connectivity index (χ2n) is 18.1. The molecule has 0 N–H and O–H groups in total. The van der Waals surface area contributed by atoms with E-state index in [1.807, 2.05) is 0 Å². The number of para-hydroxylation sites is 2. The van der Waals surface area contributed by atoms with Crippen molar-refractivity contribution < 1.29 is 4.42 Å². The van der Waals surface area contributed by atoms with Gasteiger partial charge in [-0.1, -0.05) is 170 Å². The Labute approximate surface area is 399 Å². The molecule has 12 aromatic carbocycles. The van der Waals surface area contributed by atoms with Crippen LogP contribution in [0.15, 0.2) is 259 Å². The monoisotopic (exact) mass is 878 g/mol. The second kappa shape index (κ2) is 15.7. The van der Waals surface area contributed by atoms with Crippen LogP contribution in [-0.4, -0.2) is 4.57 Å². The van der Waals surface area contributed by atoms with Crippen LogP contribution in [0.3, 0.4) is 0 Å². The molecule has 0 aliphatic carbocycles. The molecule has 0 fully saturated rings. The van der Waals surface area contributed by atoms with Crippen molar-refractivity contribution in [3.8, 4) is 39.1 Å². The van der Waals surface area contributed by atoms with Crippen molar-refractivity contribution in [2.24, 2.45) is 0 Å². The molecule has 0 saturated heterocycles. The Kier molecular flexibility index (Phi) is 8.90. The summed E-state index contributed by atoms with van der Waals surface area (Å²) in [6, 6.07) is 92.5. The Balaban J connectivity index is 0.836. The number of hydrogen-bond acceptors (Lipinski definition) is 2. The molecule has 14 rings (SSSR count). The third kappa shape index (κ3) is 6.51. The SMILES string of the molecule is c1cc(-c2ccc(N(c3ccc(-c4ccc5c(c4)oc4c6ccccc6ccc54)cc3)c3ccc(-c4ccc5ccc6ccccc6c5c4)cc3)cc2)cc(-n2c3ccccc3c3ccccc32)c1. The average Bonchev–Trinajstić information content (AvgIpc) is 3.97. The molecule has 0 amide bonds. The number of fused-ring (bicyclic) bond motifs is 11. The zero-order chi connectivity index (χ0) is 45.4. The van der Waals surface area contributed by atoms with E-state index in [2.05, 4.69) is 264 Å². The van der Waals surface area contributed by atoms with Gasteiger partial charge in [-0.05, 0) is 145 Å². The van der Waals surface area contributed by atoms with Crippen LogP contribution in [0, 0.1) is 0 Å². The fourth-order valence-electron chi connectivity index (χ4n) is 10.7. The van der Waals surface area contributed by atoms with Crippen molar-refractivity contribution in [1.29, 1.82) is 0 Å². The average molecular weight is 879 g/mol. The van der Waals surface area contributed by atoms with Crippen LogP contribution in [0.25, 0.3) is 115 Å². The topological polar surface area (TPSA) is 21.3 Å². The standard InChI is InChI=1S/C66H42N2O/c1-3-14-56-46(10-1)20-21-48-22-23-50(41-62(48)56)44-26-34-53(35-27-44)67(54-36-28-45(29-37-54)51-31-38-60-61-39-30-47-11-2-4-15-57(47)66(61)69-65(60)42-51)52-32-24-43(25-33-52)49-12-9-13-55(40-49)68-63-18-7-5-16-58(63)59-17-6-8-19-64(59)68/h1-42H. The van der Waals surface area contributed by atoms with Gasteiger partial charge in [-0.15, -0.1) is 0 Å². The fraction of sp³-hybridized carbons (Fsp3) is 0. The number of anilines is 3. The van der Waals surface area contributed by atoms with Crippen LogP contribution in [0.5, 0.6) is 0 Å². The molecule has 0 atom stereocenters. The fourth-order valence-corrected chi connectivity index (χ4v) is 10.7. The van der Waals surface area contributed by atoms with Crippen molar-refractivity contribution in [1.82, 2.24) is 4.57 Å². The molecule has 2 heterocycles. The largest absolute Gasteiger partial charge is 0.455 e. The summed E-state index contributed by atoms with van der Waals surface area (Å²) in [4.78, 5) is 2.35. The van der Waals surface area contributed by atoms with E-state index >= 15 is 0 Å². The predicted molar refractivity (Wildman–Crippen MR) is 292 cm³/mol. The molecule has 0 saturated carbocycles. The molecule has 0 aliphatic rings. The van der Waals surface area contributed by atoms with E-state index in [4.69, 9.17) is 4.42 Å². The molecule has 2 aromatic heterocycles. The molecule has 0 aliphatic heterocycles. The van der Waals surface area contributed by atoms with E-state index in [1.165, 1.54) is 65.4 Å². The summed E-state index contributed by atoms with van der Waals surface area (Å²) >= 11 is 0. The third-order valence-electron chi connectivity index (χ3n) is 14.2. The molecule has 14 aromatic rings. The van der Waals surface area contributed by atoms with Gasteiger partial charge in [-0.3, -0.25) is 0 Å². The summed E-state index contributed by atoms with van der Waals surface area (Å²) in [5.74, 6) is 0. The van der Waals surface area contributed by atoms with Crippen LogP contribution in [0.1, 0.15) is 0 Å². The number of rotatable bonds is 7. The molecule has 3 heteroatoms. The van der Waals surface area contributed by atoms with Gasteiger partial charge in [0.2, 0.25) is 0 Å². The summed E-state index contributed by atoms with van der Waals surface area (Å²) in [6.45, 7) is 0. The predicted octanol–water partition coefficient (Wildman–Crippen LogP) is 18.6. The Bertz CT molecular complexity index is 4240. The number of furan rings is 1. The van der Waals surface area contributed by atoms with Crippen molar-refractivity contribution in [3.05, 3.63) is 255 Å². The lowest BCUT2D eigenvalue weighted by atomic mass is 9.97. The van der Waals surface area contributed by atoms with Gasteiger partial charge in [-0.25, -0.2) is 0 Å². The minimum atomic E-state index is 0.893. The first-order valence-corrected chi connectivity index (χ1v) is 23.6. The van der Waals surface area contributed by atoms with E-state index < -0.39 is 0 Å². The molecule has 0 unspecified atom stereocenters. The molecular formula is C66H42N2O. The first kappa shape index (κ1) is 39.0. The van der Waals surface area contributed by atoms with Gasteiger partial charge in [0.05, 0.1) is 11.0 Å². The number of nitrogens with zero attached hydrogens (tertiary/aromatic N) is 2.